The summed E-state index contributed by atoms with van der Waals surface area (Å²) in [4.78, 5) is 22.6. The molecule has 3 rings (SSSR count). The molecule has 0 heterocycles. The van der Waals surface area contributed by atoms with Gasteiger partial charge in [-0.15, -0.1) is 0 Å². The fraction of sp³-hybridized carbons (Fsp3) is 0.214. The van der Waals surface area contributed by atoms with E-state index in [1.165, 1.54) is 0 Å². The molecule has 1 unspecified atom stereocenters. The maximum atomic E-state index is 11.6. The number of carboxylic acids is 1. The van der Waals surface area contributed by atoms with E-state index in [2.05, 4.69) is 24.3 Å². The lowest BCUT2D eigenvalue weighted by Crippen LogP contribution is -2.12. The van der Waals surface area contributed by atoms with Crippen LogP contribution in [0.2, 0.25) is 0 Å². The first-order valence-electron chi connectivity index (χ1n) is 10.7. The Bertz CT molecular complexity index is 1110. The molecule has 0 amide bonds. The molecule has 0 aliphatic rings. The molecular weight excluding hydrogens is 400 g/mol. The van der Waals surface area contributed by atoms with Crippen LogP contribution in [0.3, 0.4) is 0 Å². The van der Waals surface area contributed by atoms with Gasteiger partial charge in [-0.25, -0.2) is 0 Å². The zero-order valence-electron chi connectivity index (χ0n) is 18.7. The molecule has 0 aromatic heterocycles. The number of benzene rings is 3. The van der Waals surface area contributed by atoms with Crippen molar-refractivity contribution < 1.29 is 19.4 Å². The average molecular weight is 429 g/mol. The third kappa shape index (κ3) is 6.17. The number of aliphatic carboxylic acids is 1. The van der Waals surface area contributed by atoms with E-state index < -0.39 is 11.9 Å². The molecule has 0 radical (unpaired) electrons. The van der Waals surface area contributed by atoms with E-state index in [9.17, 15) is 9.59 Å². The van der Waals surface area contributed by atoms with Gasteiger partial charge < -0.3 is 9.84 Å². The molecule has 0 saturated heterocycles. The van der Waals surface area contributed by atoms with Gasteiger partial charge in [0.05, 0.1) is 5.92 Å². The molecule has 4 nitrogen and oxygen atoms in total. The lowest BCUT2D eigenvalue weighted by molar-refractivity contribution is -0.141. The number of carbonyl (C=O) groups excluding carboxylic acids is 1. The summed E-state index contributed by atoms with van der Waals surface area (Å²) in [5.74, 6) is -0.381. The summed E-state index contributed by atoms with van der Waals surface area (Å²) in [6.07, 6.45) is 2.54. The molecular formula is C28H28O4. The standard InChI is InChI=1S/C28H28O4/c1-19(15-16-32-27-13-7-22(8-14-27)17-20(2)28(30)31)23-9-11-24(12-10-23)26-6-4-5-25(18-26)21(3)29/h4-15,18,20H,16-17H2,1-3H3,(H,30,31)/b19-15+. The first kappa shape index (κ1) is 23.0. The number of hydrogen-bond donors (Lipinski definition) is 1. The van der Waals surface area contributed by atoms with E-state index in [0.717, 1.165) is 33.6 Å². The Hall–Kier alpha value is -3.66. The van der Waals surface area contributed by atoms with E-state index in [4.69, 9.17) is 9.84 Å². The maximum Gasteiger partial charge on any atom is 0.306 e. The fourth-order valence-corrected chi connectivity index (χ4v) is 3.39. The molecule has 0 saturated carbocycles. The second kappa shape index (κ2) is 10.6. The normalized spacial score (nSPS) is 12.3. The van der Waals surface area contributed by atoms with Gasteiger partial charge in [0.1, 0.15) is 12.4 Å². The third-order valence-corrected chi connectivity index (χ3v) is 5.47. The summed E-state index contributed by atoms with van der Waals surface area (Å²) < 4.78 is 5.81. The van der Waals surface area contributed by atoms with Crippen molar-refractivity contribution in [2.45, 2.75) is 27.2 Å². The predicted molar refractivity (Wildman–Crippen MR) is 128 cm³/mol. The Kier molecular flexibility index (Phi) is 7.61. The number of allylic oxidation sites excluding steroid dienone is 1. The van der Waals surface area contributed by atoms with Gasteiger partial charge in [-0.1, -0.05) is 61.5 Å². The van der Waals surface area contributed by atoms with Crippen molar-refractivity contribution >= 4 is 17.3 Å². The Morgan fingerprint density at radius 3 is 2.22 bits per heavy atom. The third-order valence-electron chi connectivity index (χ3n) is 5.47. The average Bonchev–Trinajstić information content (AvgIpc) is 2.80. The molecule has 3 aromatic rings. The molecule has 1 atom stereocenters. The highest BCUT2D eigenvalue weighted by Gasteiger charge is 2.11. The van der Waals surface area contributed by atoms with Crippen molar-refractivity contribution in [3.63, 3.8) is 0 Å². The Morgan fingerprint density at radius 2 is 1.59 bits per heavy atom. The van der Waals surface area contributed by atoms with E-state index >= 15 is 0 Å². The number of carboxylic acid groups (broad SMARTS) is 1. The second-order valence-electron chi connectivity index (χ2n) is 8.00. The molecule has 0 bridgehead atoms. The molecule has 3 aromatic carbocycles. The van der Waals surface area contributed by atoms with Crippen LogP contribution < -0.4 is 4.74 Å². The van der Waals surface area contributed by atoms with Crippen LogP contribution in [-0.4, -0.2) is 23.5 Å². The Balaban J connectivity index is 1.59. The van der Waals surface area contributed by atoms with Crippen molar-refractivity contribution in [3.05, 3.63) is 95.6 Å². The number of ketones is 1. The SMILES string of the molecule is CC(=O)c1cccc(-c2ccc(/C(C)=C/COc3ccc(CC(C)C(=O)O)cc3)cc2)c1. The van der Waals surface area contributed by atoms with Crippen LogP contribution in [0.1, 0.15) is 42.3 Å². The predicted octanol–water partition coefficient (Wildman–Crippen LogP) is 6.30. The van der Waals surface area contributed by atoms with Crippen molar-refractivity contribution in [1.82, 2.24) is 0 Å². The molecule has 32 heavy (non-hydrogen) atoms. The van der Waals surface area contributed by atoms with Gasteiger partial charge in [0, 0.05) is 5.56 Å². The first-order valence-corrected chi connectivity index (χ1v) is 10.7. The Morgan fingerprint density at radius 1 is 0.906 bits per heavy atom. The smallest absolute Gasteiger partial charge is 0.306 e. The number of ether oxygens (including phenoxy) is 1. The van der Waals surface area contributed by atoms with E-state index in [1.54, 1.807) is 13.8 Å². The second-order valence-corrected chi connectivity index (χ2v) is 8.00. The first-order chi connectivity index (χ1) is 15.3. The Labute approximate surface area is 189 Å². The zero-order chi connectivity index (χ0) is 23.1. The molecule has 4 heteroatoms. The minimum absolute atomic E-state index is 0.0618. The molecule has 164 valence electrons. The van der Waals surface area contributed by atoms with Gasteiger partial charge >= 0.3 is 5.97 Å². The number of rotatable bonds is 9. The highest BCUT2D eigenvalue weighted by Crippen LogP contribution is 2.24. The zero-order valence-corrected chi connectivity index (χ0v) is 18.7. The molecule has 0 fully saturated rings. The summed E-state index contributed by atoms with van der Waals surface area (Å²) in [6.45, 7) is 5.77. The van der Waals surface area contributed by atoms with Crippen LogP contribution in [0.25, 0.3) is 16.7 Å². The number of Topliss-reactive ketones (excluding diaryl/α,β-unsaturated/α-hetero) is 1. The molecule has 0 aliphatic heterocycles. The van der Waals surface area contributed by atoms with Crippen LogP contribution in [0.4, 0.5) is 0 Å². The van der Waals surface area contributed by atoms with Crippen molar-refractivity contribution in [2.24, 2.45) is 5.92 Å². The van der Waals surface area contributed by atoms with Gasteiger partial charge in [-0.05, 0) is 72.4 Å². The summed E-state index contributed by atoms with van der Waals surface area (Å²) in [5, 5.41) is 9.02. The summed E-state index contributed by atoms with van der Waals surface area (Å²) in [5.41, 5.74) is 6.00. The van der Waals surface area contributed by atoms with Gasteiger partial charge in [0.15, 0.2) is 5.78 Å². The topological polar surface area (TPSA) is 63.6 Å². The van der Waals surface area contributed by atoms with E-state index in [-0.39, 0.29) is 5.78 Å². The number of hydrogen-bond acceptors (Lipinski definition) is 3. The van der Waals surface area contributed by atoms with E-state index in [0.29, 0.717) is 18.6 Å². The highest BCUT2D eigenvalue weighted by atomic mass is 16.5. The van der Waals surface area contributed by atoms with Gasteiger partial charge in [-0.3, -0.25) is 9.59 Å². The molecule has 0 aliphatic carbocycles. The summed E-state index contributed by atoms with van der Waals surface area (Å²) in [7, 11) is 0. The number of carbonyl (C=O) groups is 2. The van der Waals surface area contributed by atoms with Gasteiger partial charge in [0.25, 0.3) is 0 Å². The lowest BCUT2D eigenvalue weighted by Gasteiger charge is -2.09. The van der Waals surface area contributed by atoms with Crippen LogP contribution >= 0.6 is 0 Å². The summed E-state index contributed by atoms with van der Waals surface area (Å²) >= 11 is 0. The van der Waals surface area contributed by atoms with Crippen LogP contribution in [0, 0.1) is 5.92 Å². The van der Waals surface area contributed by atoms with Crippen LogP contribution in [0.15, 0.2) is 78.9 Å². The molecule has 0 spiro atoms. The van der Waals surface area contributed by atoms with Crippen LogP contribution in [-0.2, 0) is 11.2 Å². The van der Waals surface area contributed by atoms with Gasteiger partial charge in [-0.2, -0.15) is 0 Å². The highest BCUT2D eigenvalue weighted by molar-refractivity contribution is 5.95. The lowest BCUT2D eigenvalue weighted by atomic mass is 9.99. The maximum absolute atomic E-state index is 11.6. The minimum atomic E-state index is -0.788. The van der Waals surface area contributed by atoms with Crippen LogP contribution in [0.5, 0.6) is 5.75 Å². The van der Waals surface area contributed by atoms with Crippen molar-refractivity contribution in [3.8, 4) is 16.9 Å². The van der Waals surface area contributed by atoms with Crippen molar-refractivity contribution in [2.75, 3.05) is 6.61 Å². The molecule has 1 N–H and O–H groups in total. The van der Waals surface area contributed by atoms with Crippen molar-refractivity contribution in [1.29, 1.82) is 0 Å². The summed E-state index contributed by atoms with van der Waals surface area (Å²) in [6, 6.07) is 23.5. The van der Waals surface area contributed by atoms with E-state index in [1.807, 2.05) is 61.5 Å². The largest absolute Gasteiger partial charge is 0.490 e. The fourth-order valence-electron chi connectivity index (χ4n) is 3.39. The van der Waals surface area contributed by atoms with Gasteiger partial charge in [0.2, 0.25) is 0 Å². The quantitative estimate of drug-likeness (QED) is 0.406. The minimum Gasteiger partial charge on any atom is -0.490 e. The monoisotopic (exact) mass is 428 g/mol.